The van der Waals surface area contributed by atoms with E-state index in [2.05, 4.69) is 20.6 Å². The number of piperidine rings is 1. The van der Waals surface area contributed by atoms with Gasteiger partial charge < -0.3 is 15.5 Å². The van der Waals surface area contributed by atoms with Gasteiger partial charge in [-0.25, -0.2) is 14.8 Å². The van der Waals surface area contributed by atoms with Gasteiger partial charge in [-0.1, -0.05) is 0 Å². The minimum atomic E-state index is -0.190. The van der Waals surface area contributed by atoms with Crippen molar-refractivity contribution in [2.75, 3.05) is 18.4 Å². The van der Waals surface area contributed by atoms with Gasteiger partial charge in [0, 0.05) is 37.1 Å². The summed E-state index contributed by atoms with van der Waals surface area (Å²) in [6, 6.07) is 2.15. The van der Waals surface area contributed by atoms with Crippen LogP contribution in [0.5, 0.6) is 0 Å². The van der Waals surface area contributed by atoms with Gasteiger partial charge >= 0.3 is 6.03 Å². The Kier molecular flexibility index (Phi) is 4.42. The van der Waals surface area contributed by atoms with Crippen LogP contribution in [0.25, 0.3) is 0 Å². The Morgan fingerprint density at radius 3 is 2.40 bits per heavy atom. The maximum Gasteiger partial charge on any atom is 0.317 e. The number of carbonyl (C=O) groups excluding carboxylic acids is 1. The molecular weight excluding hydrogens is 254 g/mol. The van der Waals surface area contributed by atoms with Crippen molar-refractivity contribution in [3.63, 3.8) is 0 Å². The molecule has 1 aliphatic heterocycles. The van der Waals surface area contributed by atoms with Gasteiger partial charge in [-0.05, 0) is 39.7 Å². The fourth-order valence-electron chi connectivity index (χ4n) is 2.18. The molecule has 2 amide bonds. The van der Waals surface area contributed by atoms with Gasteiger partial charge in [-0.15, -0.1) is 0 Å². The van der Waals surface area contributed by atoms with Crippen molar-refractivity contribution in [3.8, 4) is 0 Å². The van der Waals surface area contributed by atoms with Gasteiger partial charge in [0.05, 0.1) is 0 Å². The number of carbonyl (C=O) groups is 1. The Balaban J connectivity index is 1.79. The van der Waals surface area contributed by atoms with Gasteiger partial charge in [0.1, 0.15) is 0 Å². The summed E-state index contributed by atoms with van der Waals surface area (Å²) in [5, 5.41) is 6.30. The zero-order chi connectivity index (χ0) is 14.6. The number of anilines is 1. The molecule has 2 rings (SSSR count). The molecule has 0 atom stereocenters. The molecule has 6 heteroatoms. The Morgan fingerprint density at radius 1 is 1.25 bits per heavy atom. The number of nitrogens with one attached hydrogen (secondary N) is 2. The van der Waals surface area contributed by atoms with Gasteiger partial charge in [-0.2, -0.15) is 0 Å². The number of aromatic nitrogens is 2. The number of rotatable bonds is 2. The van der Waals surface area contributed by atoms with Crippen LogP contribution in [0.4, 0.5) is 10.7 Å². The van der Waals surface area contributed by atoms with Crippen LogP contribution in [0.3, 0.4) is 0 Å². The first-order chi connectivity index (χ1) is 9.44. The molecule has 0 spiro atoms. The second-order valence-electron chi connectivity index (χ2n) is 6.16. The molecule has 1 saturated heterocycles. The summed E-state index contributed by atoms with van der Waals surface area (Å²) in [5.74, 6) is 0.657. The lowest BCUT2D eigenvalue weighted by molar-refractivity contribution is 0.175. The smallest absolute Gasteiger partial charge is 0.317 e. The molecule has 20 heavy (non-hydrogen) atoms. The maximum atomic E-state index is 12.0. The summed E-state index contributed by atoms with van der Waals surface area (Å²) in [5.41, 5.74) is -0.190. The largest absolute Gasteiger partial charge is 0.351 e. The molecular formula is C14H23N5O. The summed E-state index contributed by atoms with van der Waals surface area (Å²) in [6.45, 7) is 7.49. The average molecular weight is 277 g/mol. The van der Waals surface area contributed by atoms with Crippen LogP contribution in [0.2, 0.25) is 0 Å². The van der Waals surface area contributed by atoms with E-state index in [1.807, 2.05) is 25.7 Å². The van der Waals surface area contributed by atoms with Gasteiger partial charge in [-0.3, -0.25) is 0 Å². The Hall–Kier alpha value is -1.85. The Morgan fingerprint density at radius 2 is 1.85 bits per heavy atom. The first-order valence-corrected chi connectivity index (χ1v) is 7.05. The van der Waals surface area contributed by atoms with Crippen LogP contribution in [0, 0.1) is 0 Å². The van der Waals surface area contributed by atoms with Crippen LogP contribution in [0.15, 0.2) is 18.5 Å². The van der Waals surface area contributed by atoms with E-state index in [-0.39, 0.29) is 11.6 Å². The fourth-order valence-corrected chi connectivity index (χ4v) is 2.18. The number of hydrogen-bond donors (Lipinski definition) is 2. The fraction of sp³-hybridized carbons (Fsp3) is 0.643. The lowest BCUT2D eigenvalue weighted by atomic mass is 10.1. The highest BCUT2D eigenvalue weighted by Crippen LogP contribution is 2.14. The molecule has 1 aromatic rings. The van der Waals surface area contributed by atoms with Crippen LogP contribution in [-0.4, -0.2) is 45.6 Å². The maximum absolute atomic E-state index is 12.0. The van der Waals surface area contributed by atoms with Gasteiger partial charge in [0.15, 0.2) is 0 Å². The topological polar surface area (TPSA) is 70.2 Å². The molecule has 0 aromatic carbocycles. The van der Waals surface area contributed by atoms with E-state index < -0.39 is 0 Å². The van der Waals surface area contributed by atoms with Crippen molar-refractivity contribution in [2.24, 2.45) is 0 Å². The summed E-state index contributed by atoms with van der Waals surface area (Å²) in [6.07, 6.45) is 5.27. The van der Waals surface area contributed by atoms with E-state index in [0.29, 0.717) is 12.0 Å². The summed E-state index contributed by atoms with van der Waals surface area (Å²) in [7, 11) is 0. The van der Waals surface area contributed by atoms with E-state index in [1.54, 1.807) is 18.5 Å². The van der Waals surface area contributed by atoms with Crippen molar-refractivity contribution in [2.45, 2.75) is 45.2 Å². The molecule has 0 aliphatic carbocycles. The number of nitrogens with zero attached hydrogens (tertiary/aromatic N) is 3. The lowest BCUT2D eigenvalue weighted by Crippen LogP contribution is -2.51. The highest BCUT2D eigenvalue weighted by molar-refractivity contribution is 5.75. The molecule has 1 aromatic heterocycles. The normalized spacial score (nSPS) is 16.9. The molecule has 6 nitrogen and oxygen atoms in total. The predicted octanol–water partition coefficient (Wildman–Crippen LogP) is 1.86. The molecule has 0 bridgehead atoms. The number of hydrogen-bond acceptors (Lipinski definition) is 4. The van der Waals surface area contributed by atoms with Crippen molar-refractivity contribution >= 4 is 12.0 Å². The Labute approximate surface area is 120 Å². The van der Waals surface area contributed by atoms with Crippen LogP contribution >= 0.6 is 0 Å². The third kappa shape index (κ3) is 4.36. The first kappa shape index (κ1) is 14.6. The van der Waals surface area contributed by atoms with Crippen LogP contribution in [-0.2, 0) is 0 Å². The van der Waals surface area contributed by atoms with Crippen LogP contribution < -0.4 is 10.6 Å². The monoisotopic (exact) mass is 277 g/mol. The van der Waals surface area contributed by atoms with Gasteiger partial charge in [0.2, 0.25) is 5.95 Å². The Bertz CT molecular complexity index is 435. The molecule has 2 N–H and O–H groups in total. The molecule has 1 aliphatic rings. The van der Waals surface area contributed by atoms with E-state index in [4.69, 9.17) is 0 Å². The number of urea groups is 1. The van der Waals surface area contributed by atoms with E-state index in [0.717, 1.165) is 25.9 Å². The van der Waals surface area contributed by atoms with Crippen molar-refractivity contribution in [1.82, 2.24) is 20.2 Å². The molecule has 0 radical (unpaired) electrons. The minimum Gasteiger partial charge on any atom is -0.351 e. The van der Waals surface area contributed by atoms with E-state index in [1.165, 1.54) is 0 Å². The standard InChI is InChI=1S/C14H23N5O/c1-14(2,3)18-13(20)19-9-5-11(6-10-19)17-12-15-7-4-8-16-12/h4,7-8,11H,5-6,9-10H2,1-3H3,(H,18,20)(H,15,16,17). The minimum absolute atomic E-state index is 0.0203. The number of likely N-dealkylation sites (tertiary alicyclic amines) is 1. The lowest BCUT2D eigenvalue weighted by Gasteiger charge is -2.34. The highest BCUT2D eigenvalue weighted by Gasteiger charge is 2.25. The zero-order valence-corrected chi connectivity index (χ0v) is 12.4. The average Bonchev–Trinajstić information content (AvgIpc) is 2.39. The molecule has 0 saturated carbocycles. The predicted molar refractivity (Wildman–Crippen MR) is 78.5 cm³/mol. The van der Waals surface area contributed by atoms with Crippen molar-refractivity contribution in [3.05, 3.63) is 18.5 Å². The SMILES string of the molecule is CC(C)(C)NC(=O)N1CCC(Nc2ncccn2)CC1. The van der Waals surface area contributed by atoms with Crippen molar-refractivity contribution < 1.29 is 4.79 Å². The highest BCUT2D eigenvalue weighted by atomic mass is 16.2. The zero-order valence-electron chi connectivity index (χ0n) is 12.4. The third-order valence-electron chi connectivity index (χ3n) is 3.16. The molecule has 110 valence electrons. The number of amides is 2. The molecule has 1 fully saturated rings. The molecule has 2 heterocycles. The second-order valence-corrected chi connectivity index (χ2v) is 6.16. The summed E-state index contributed by atoms with van der Waals surface area (Å²) < 4.78 is 0. The first-order valence-electron chi connectivity index (χ1n) is 7.05. The molecule has 0 unspecified atom stereocenters. The summed E-state index contributed by atoms with van der Waals surface area (Å²) in [4.78, 5) is 22.2. The third-order valence-corrected chi connectivity index (χ3v) is 3.16. The van der Waals surface area contributed by atoms with E-state index >= 15 is 0 Å². The van der Waals surface area contributed by atoms with Crippen LogP contribution in [0.1, 0.15) is 33.6 Å². The van der Waals surface area contributed by atoms with Crippen molar-refractivity contribution in [1.29, 1.82) is 0 Å². The second kappa shape index (κ2) is 6.07. The van der Waals surface area contributed by atoms with E-state index in [9.17, 15) is 4.79 Å². The summed E-state index contributed by atoms with van der Waals surface area (Å²) >= 11 is 0. The van der Waals surface area contributed by atoms with Gasteiger partial charge in [0.25, 0.3) is 0 Å². The quantitative estimate of drug-likeness (QED) is 0.865.